The van der Waals surface area contributed by atoms with E-state index in [1.54, 1.807) is 12.1 Å². The van der Waals surface area contributed by atoms with Gasteiger partial charge in [0.15, 0.2) is 5.16 Å². The van der Waals surface area contributed by atoms with Crippen LogP contribution in [-0.4, -0.2) is 32.3 Å². The van der Waals surface area contributed by atoms with Gasteiger partial charge in [0.1, 0.15) is 17.3 Å². The van der Waals surface area contributed by atoms with E-state index in [1.165, 1.54) is 11.8 Å². The van der Waals surface area contributed by atoms with Gasteiger partial charge in [0.25, 0.3) is 0 Å². The van der Waals surface area contributed by atoms with Gasteiger partial charge in [-0.25, -0.2) is 0 Å². The zero-order valence-corrected chi connectivity index (χ0v) is 18.6. The molecule has 1 saturated carbocycles. The number of thioether (sulfide) groups is 1. The minimum absolute atomic E-state index is 0.153. The van der Waals surface area contributed by atoms with Crippen molar-refractivity contribution < 1.29 is 14.3 Å². The van der Waals surface area contributed by atoms with E-state index in [-0.39, 0.29) is 24.0 Å². The molecule has 0 saturated heterocycles. The highest BCUT2D eigenvalue weighted by Crippen LogP contribution is 2.40. The number of aromatic nitrogens is 3. The van der Waals surface area contributed by atoms with Gasteiger partial charge >= 0.3 is 0 Å². The van der Waals surface area contributed by atoms with Gasteiger partial charge in [-0.15, -0.1) is 10.2 Å². The molecule has 8 nitrogen and oxygen atoms in total. The highest BCUT2D eigenvalue weighted by molar-refractivity contribution is 7.99. The van der Waals surface area contributed by atoms with Crippen molar-refractivity contribution in [2.75, 3.05) is 11.1 Å². The maximum absolute atomic E-state index is 12.4. The minimum Gasteiger partial charge on any atom is -0.457 e. The topological polar surface area (TPSA) is 112 Å². The predicted molar refractivity (Wildman–Crippen MR) is 123 cm³/mol. The number of carbonyl (C=O) groups excluding carboxylic acids is 2. The van der Waals surface area contributed by atoms with E-state index < -0.39 is 0 Å². The van der Waals surface area contributed by atoms with Crippen molar-refractivity contribution in [2.24, 2.45) is 5.73 Å². The minimum atomic E-state index is -0.371. The quantitative estimate of drug-likeness (QED) is 0.453. The van der Waals surface area contributed by atoms with Crippen LogP contribution >= 0.6 is 11.8 Å². The summed E-state index contributed by atoms with van der Waals surface area (Å²) in [5.74, 6) is 2.38. The second-order valence-corrected chi connectivity index (χ2v) is 8.71. The first-order valence-corrected chi connectivity index (χ1v) is 11.4. The predicted octanol–water partition coefficient (Wildman–Crippen LogP) is 3.86. The van der Waals surface area contributed by atoms with Gasteiger partial charge < -0.3 is 20.4 Å². The smallest absolute Gasteiger partial charge is 0.234 e. The maximum Gasteiger partial charge on any atom is 0.234 e. The van der Waals surface area contributed by atoms with Crippen molar-refractivity contribution in [3.63, 3.8) is 0 Å². The molecule has 1 aliphatic carbocycles. The van der Waals surface area contributed by atoms with Crippen molar-refractivity contribution in [3.05, 3.63) is 59.9 Å². The van der Waals surface area contributed by atoms with Crippen LogP contribution in [0, 0.1) is 6.92 Å². The fraction of sp³-hybridized carbons (Fsp3) is 0.304. The lowest BCUT2D eigenvalue weighted by Gasteiger charge is -2.10. The molecule has 3 N–H and O–H groups in total. The highest BCUT2D eigenvalue weighted by atomic mass is 32.2. The molecule has 1 aromatic heterocycles. The Hall–Kier alpha value is -3.33. The van der Waals surface area contributed by atoms with Gasteiger partial charge in [0.2, 0.25) is 11.8 Å². The third-order valence-electron chi connectivity index (χ3n) is 4.97. The average molecular weight is 452 g/mol. The third-order valence-corrected chi connectivity index (χ3v) is 5.93. The zero-order valence-electron chi connectivity index (χ0n) is 17.8. The molecule has 1 aliphatic rings. The molecule has 1 fully saturated rings. The molecule has 0 spiro atoms. The number of nitrogens with zero attached hydrogens (tertiary/aromatic N) is 3. The normalized spacial score (nSPS) is 13.0. The van der Waals surface area contributed by atoms with Gasteiger partial charge in [0.05, 0.1) is 5.75 Å². The number of rotatable bonds is 10. The summed E-state index contributed by atoms with van der Waals surface area (Å²) >= 11 is 1.30. The first-order valence-electron chi connectivity index (χ1n) is 10.5. The fourth-order valence-corrected chi connectivity index (χ4v) is 4.00. The third kappa shape index (κ3) is 5.88. The van der Waals surface area contributed by atoms with E-state index in [0.29, 0.717) is 29.1 Å². The number of ether oxygens (including phenoxy) is 1. The SMILES string of the molecule is Cc1cccc(Oc2ccc(NC(=O)CSc3nnc(C4CC4)n3CCC(N)=O)cc2)c1. The van der Waals surface area contributed by atoms with Crippen molar-refractivity contribution in [2.45, 2.75) is 43.8 Å². The molecule has 0 aliphatic heterocycles. The second-order valence-electron chi connectivity index (χ2n) is 7.76. The maximum atomic E-state index is 12.4. The highest BCUT2D eigenvalue weighted by Gasteiger charge is 2.30. The van der Waals surface area contributed by atoms with Crippen molar-refractivity contribution in [1.29, 1.82) is 0 Å². The number of anilines is 1. The Morgan fingerprint density at radius 1 is 1.16 bits per heavy atom. The summed E-state index contributed by atoms with van der Waals surface area (Å²) in [6.07, 6.45) is 2.36. The van der Waals surface area contributed by atoms with Gasteiger partial charge in [0, 0.05) is 24.6 Å². The van der Waals surface area contributed by atoms with Crippen molar-refractivity contribution in [1.82, 2.24) is 14.8 Å². The molecule has 32 heavy (non-hydrogen) atoms. The van der Waals surface area contributed by atoms with Gasteiger partial charge in [-0.3, -0.25) is 9.59 Å². The van der Waals surface area contributed by atoms with Crippen molar-refractivity contribution in [3.8, 4) is 11.5 Å². The molecule has 166 valence electrons. The molecule has 4 rings (SSSR count). The number of hydrogen-bond donors (Lipinski definition) is 2. The van der Waals surface area contributed by atoms with Crippen molar-refractivity contribution >= 4 is 29.3 Å². The number of nitrogens with one attached hydrogen (secondary N) is 1. The Morgan fingerprint density at radius 2 is 1.94 bits per heavy atom. The van der Waals surface area contributed by atoms with Crippen LogP contribution in [-0.2, 0) is 16.1 Å². The second kappa shape index (κ2) is 9.86. The monoisotopic (exact) mass is 451 g/mol. The largest absolute Gasteiger partial charge is 0.457 e. The summed E-state index contributed by atoms with van der Waals surface area (Å²) in [6.45, 7) is 2.44. The summed E-state index contributed by atoms with van der Waals surface area (Å²) in [4.78, 5) is 23.6. The van der Waals surface area contributed by atoms with Gasteiger partial charge in [-0.05, 0) is 61.7 Å². The first-order chi connectivity index (χ1) is 15.5. The Morgan fingerprint density at radius 3 is 2.62 bits per heavy atom. The molecule has 3 aromatic rings. The first kappa shape index (κ1) is 21.9. The number of hydrogen-bond acceptors (Lipinski definition) is 6. The van der Waals surface area contributed by atoms with E-state index in [9.17, 15) is 9.59 Å². The molecule has 0 unspecified atom stereocenters. The van der Waals surface area contributed by atoms with Crippen LogP contribution in [0.2, 0.25) is 0 Å². The van der Waals surface area contributed by atoms with Gasteiger partial charge in [-0.2, -0.15) is 0 Å². The number of nitrogens with two attached hydrogens (primary N) is 1. The Balaban J connectivity index is 1.32. The van der Waals surface area contributed by atoms with E-state index in [2.05, 4.69) is 15.5 Å². The van der Waals surface area contributed by atoms with E-state index in [4.69, 9.17) is 10.5 Å². The molecule has 9 heteroatoms. The summed E-state index contributed by atoms with van der Waals surface area (Å²) in [5.41, 5.74) is 7.10. The van der Waals surface area contributed by atoms with Crippen LogP contribution in [0.4, 0.5) is 5.69 Å². The Kier molecular flexibility index (Phi) is 6.75. The lowest BCUT2D eigenvalue weighted by atomic mass is 10.2. The van der Waals surface area contributed by atoms with Crippen LogP contribution in [0.3, 0.4) is 0 Å². The average Bonchev–Trinajstić information content (AvgIpc) is 3.52. The van der Waals surface area contributed by atoms with E-state index in [0.717, 1.165) is 30.0 Å². The lowest BCUT2D eigenvalue weighted by molar-refractivity contribution is -0.118. The molecule has 2 amide bonds. The summed E-state index contributed by atoms with van der Waals surface area (Å²) in [7, 11) is 0. The molecule has 2 aromatic carbocycles. The number of amides is 2. The van der Waals surface area contributed by atoms with E-state index >= 15 is 0 Å². The summed E-state index contributed by atoms with van der Waals surface area (Å²) in [5, 5.41) is 12.0. The standard InChI is InChI=1S/C23H25N5O3S/c1-15-3-2-4-19(13-15)31-18-9-7-17(8-10-18)25-21(30)14-32-23-27-26-22(16-5-6-16)28(23)12-11-20(24)29/h2-4,7-10,13,16H,5-6,11-12,14H2,1H3,(H2,24,29)(H,25,30). The van der Waals surface area contributed by atoms with E-state index in [1.807, 2.05) is 47.9 Å². The molecule has 1 heterocycles. The Bertz CT molecular complexity index is 1110. The van der Waals surface area contributed by atoms with Crippen LogP contribution in [0.15, 0.2) is 53.7 Å². The number of aryl methyl sites for hydroxylation is 1. The number of benzene rings is 2. The molecule has 0 atom stereocenters. The van der Waals surface area contributed by atoms with Gasteiger partial charge in [-0.1, -0.05) is 23.9 Å². The van der Waals surface area contributed by atoms with Crippen LogP contribution in [0.25, 0.3) is 0 Å². The molecule has 0 radical (unpaired) electrons. The van der Waals surface area contributed by atoms with Crippen LogP contribution in [0.5, 0.6) is 11.5 Å². The Labute approximate surface area is 190 Å². The molecular weight excluding hydrogens is 426 g/mol. The molecule has 0 bridgehead atoms. The lowest BCUT2D eigenvalue weighted by Crippen LogP contribution is -2.17. The summed E-state index contributed by atoms with van der Waals surface area (Å²) in [6, 6.07) is 15.0. The fourth-order valence-electron chi connectivity index (χ4n) is 3.23. The number of carbonyl (C=O) groups is 2. The molecular formula is C23H25N5O3S. The zero-order chi connectivity index (χ0) is 22.5. The number of primary amides is 1. The van der Waals surface area contributed by atoms with Crippen LogP contribution in [0.1, 0.15) is 36.6 Å². The summed E-state index contributed by atoms with van der Waals surface area (Å²) < 4.78 is 7.75. The van der Waals surface area contributed by atoms with Crippen LogP contribution < -0.4 is 15.8 Å².